The molecule has 2 atom stereocenters. The Morgan fingerprint density at radius 1 is 0.917 bits per heavy atom. The van der Waals surface area contributed by atoms with Crippen LogP contribution in [0.3, 0.4) is 0 Å². The average molecular weight is 328 g/mol. The molecule has 0 amide bonds. The highest BCUT2D eigenvalue weighted by Gasteiger charge is 2.20. The van der Waals surface area contributed by atoms with Gasteiger partial charge >= 0.3 is 0 Å². The van der Waals surface area contributed by atoms with E-state index >= 15 is 0 Å². The smallest absolute Gasteiger partial charge is 0.127 e. The topological polar surface area (TPSA) is 109 Å². The largest absolute Gasteiger partial charge is 0.394 e. The summed E-state index contributed by atoms with van der Waals surface area (Å²) in [6.07, 6.45) is -1.45. The van der Waals surface area contributed by atoms with Crippen molar-refractivity contribution in [1.82, 2.24) is 0 Å². The highest BCUT2D eigenvalue weighted by molar-refractivity contribution is 6.33. The average Bonchev–Trinajstić information content (AvgIpc) is 2.65. The molecule has 24 heavy (non-hydrogen) atoms. The van der Waals surface area contributed by atoms with Gasteiger partial charge in [-0.15, -0.1) is 0 Å². The highest BCUT2D eigenvalue weighted by atomic mass is 16.4. The van der Waals surface area contributed by atoms with E-state index in [9.17, 15) is 10.2 Å². The van der Waals surface area contributed by atoms with E-state index in [2.05, 4.69) is 21.1 Å². The lowest BCUT2D eigenvalue weighted by Gasteiger charge is -2.15. The van der Waals surface area contributed by atoms with Gasteiger partial charge in [-0.1, -0.05) is 36.4 Å². The molecule has 0 aliphatic heterocycles. The maximum atomic E-state index is 10.1. The van der Waals surface area contributed by atoms with Gasteiger partial charge in [0.05, 0.1) is 24.2 Å². The Morgan fingerprint density at radius 2 is 1.46 bits per heavy atom. The van der Waals surface area contributed by atoms with E-state index < -0.39 is 18.8 Å². The summed E-state index contributed by atoms with van der Waals surface area (Å²) in [4.78, 5) is 0. The van der Waals surface area contributed by atoms with E-state index in [1.165, 1.54) is 6.21 Å². The van der Waals surface area contributed by atoms with Crippen LogP contribution in [0.5, 0.6) is 0 Å². The Hall–Kier alpha value is -2.74. The molecule has 7 heteroatoms. The molecular formula is C17H20N4O3. The minimum atomic E-state index is -1.38. The molecule has 0 fully saturated rings. The zero-order valence-corrected chi connectivity index (χ0v) is 12.9. The van der Waals surface area contributed by atoms with Crippen molar-refractivity contribution in [2.24, 2.45) is 10.2 Å². The van der Waals surface area contributed by atoms with E-state index in [0.717, 1.165) is 5.69 Å². The number of nitrogens with zero attached hydrogens (tertiary/aromatic N) is 2. The van der Waals surface area contributed by atoms with E-state index in [1.807, 2.05) is 48.5 Å². The molecule has 126 valence electrons. The third-order valence-corrected chi connectivity index (χ3v) is 3.11. The summed E-state index contributed by atoms with van der Waals surface area (Å²) in [5, 5.41) is 36.7. The molecular weight excluding hydrogens is 308 g/mol. The molecule has 0 saturated carbocycles. The van der Waals surface area contributed by atoms with Gasteiger partial charge in [-0.25, -0.2) is 0 Å². The first-order valence-corrected chi connectivity index (χ1v) is 7.40. The van der Waals surface area contributed by atoms with Crippen LogP contribution < -0.4 is 10.9 Å². The molecule has 2 aromatic rings. The summed E-state index contributed by atoms with van der Waals surface area (Å²) < 4.78 is 0. The van der Waals surface area contributed by atoms with Crippen LogP contribution in [-0.2, 0) is 0 Å². The monoisotopic (exact) mass is 328 g/mol. The summed E-state index contributed by atoms with van der Waals surface area (Å²) in [5.41, 5.74) is 7.11. The van der Waals surface area contributed by atoms with Crippen molar-refractivity contribution in [2.75, 3.05) is 17.5 Å². The summed E-state index contributed by atoms with van der Waals surface area (Å²) in [5.74, 6) is 0. The van der Waals surface area contributed by atoms with Crippen LogP contribution in [0, 0.1) is 0 Å². The molecule has 0 aliphatic rings. The van der Waals surface area contributed by atoms with Gasteiger partial charge in [0, 0.05) is 0 Å². The van der Waals surface area contributed by atoms with E-state index in [4.69, 9.17) is 5.11 Å². The van der Waals surface area contributed by atoms with Crippen molar-refractivity contribution in [2.45, 2.75) is 12.2 Å². The molecule has 0 heterocycles. The van der Waals surface area contributed by atoms with Gasteiger partial charge in [0.25, 0.3) is 0 Å². The fourth-order valence-electron chi connectivity index (χ4n) is 1.80. The van der Waals surface area contributed by atoms with Crippen LogP contribution in [-0.4, -0.2) is 46.1 Å². The third-order valence-electron chi connectivity index (χ3n) is 3.11. The first-order valence-electron chi connectivity index (χ1n) is 7.40. The number of aliphatic hydroxyl groups excluding tert-OH is 3. The van der Waals surface area contributed by atoms with Gasteiger partial charge in [-0.2, -0.15) is 10.2 Å². The van der Waals surface area contributed by atoms with E-state index in [1.54, 1.807) is 12.1 Å². The number of rotatable bonds is 8. The summed E-state index contributed by atoms with van der Waals surface area (Å²) in [6.45, 7) is -0.592. The van der Waals surface area contributed by atoms with Crippen LogP contribution in [0.2, 0.25) is 0 Å². The Bertz CT molecular complexity index is 662. The van der Waals surface area contributed by atoms with E-state index in [0.29, 0.717) is 5.69 Å². The standard InChI is InChI=1S/C17H20N4O3/c22-12-16(23)17(24)15(21-20-14-9-5-2-6-10-14)11-18-19-13-7-3-1-4-8-13/h1-11,16-17,19-20,22-24H,12H2/b18-11+,21-15-. The zero-order valence-electron chi connectivity index (χ0n) is 12.9. The molecule has 0 radical (unpaired) electrons. The predicted molar refractivity (Wildman–Crippen MR) is 95.2 cm³/mol. The highest BCUT2D eigenvalue weighted by Crippen LogP contribution is 2.06. The summed E-state index contributed by atoms with van der Waals surface area (Å²) >= 11 is 0. The van der Waals surface area contributed by atoms with Gasteiger partial charge < -0.3 is 15.3 Å². The van der Waals surface area contributed by atoms with Gasteiger partial charge in [0.15, 0.2) is 0 Å². The van der Waals surface area contributed by atoms with Crippen molar-refractivity contribution >= 4 is 23.3 Å². The summed E-state index contributed by atoms with van der Waals surface area (Å²) in [7, 11) is 0. The van der Waals surface area contributed by atoms with Crippen molar-refractivity contribution in [3.8, 4) is 0 Å². The second kappa shape index (κ2) is 9.41. The maximum Gasteiger partial charge on any atom is 0.127 e. The first-order chi connectivity index (χ1) is 11.7. The number of anilines is 2. The van der Waals surface area contributed by atoms with E-state index in [-0.39, 0.29) is 5.71 Å². The Labute approximate surface area is 140 Å². The van der Waals surface area contributed by atoms with Gasteiger partial charge in [0.1, 0.15) is 17.9 Å². The number of nitrogens with one attached hydrogen (secondary N) is 2. The number of benzene rings is 2. The van der Waals surface area contributed by atoms with Crippen molar-refractivity contribution in [1.29, 1.82) is 0 Å². The molecule has 0 saturated heterocycles. The van der Waals surface area contributed by atoms with Crippen LogP contribution in [0.25, 0.3) is 0 Å². The SMILES string of the molecule is OCC(O)C(O)C(/C=N/Nc1ccccc1)=N\Nc1ccccc1. The number of para-hydroxylation sites is 2. The van der Waals surface area contributed by atoms with Crippen LogP contribution >= 0.6 is 0 Å². The molecule has 2 rings (SSSR count). The Kier molecular flexibility index (Phi) is 6.91. The van der Waals surface area contributed by atoms with Crippen LogP contribution in [0.4, 0.5) is 11.4 Å². The molecule has 2 aromatic carbocycles. The molecule has 5 N–H and O–H groups in total. The zero-order chi connectivity index (χ0) is 17.2. The van der Waals surface area contributed by atoms with Crippen molar-refractivity contribution in [3.63, 3.8) is 0 Å². The number of hydrogen-bond acceptors (Lipinski definition) is 7. The van der Waals surface area contributed by atoms with Crippen LogP contribution in [0.1, 0.15) is 0 Å². The number of hydrogen-bond donors (Lipinski definition) is 5. The second-order valence-corrected chi connectivity index (χ2v) is 4.95. The lowest BCUT2D eigenvalue weighted by atomic mass is 10.1. The molecule has 0 spiro atoms. The van der Waals surface area contributed by atoms with Gasteiger partial charge in [-0.05, 0) is 24.3 Å². The number of hydrazone groups is 2. The normalized spacial score (nSPS) is 14.4. The first kappa shape index (κ1) is 17.6. The lowest BCUT2D eigenvalue weighted by Crippen LogP contribution is -2.37. The molecule has 2 unspecified atom stereocenters. The minimum Gasteiger partial charge on any atom is -0.394 e. The molecule has 0 bridgehead atoms. The maximum absolute atomic E-state index is 10.1. The lowest BCUT2D eigenvalue weighted by molar-refractivity contribution is 0.0193. The van der Waals surface area contributed by atoms with Gasteiger partial charge in [-0.3, -0.25) is 10.9 Å². The molecule has 0 aliphatic carbocycles. The van der Waals surface area contributed by atoms with Crippen molar-refractivity contribution in [3.05, 3.63) is 60.7 Å². The predicted octanol–water partition coefficient (Wildman–Crippen LogP) is 1.27. The van der Waals surface area contributed by atoms with Crippen LogP contribution in [0.15, 0.2) is 70.9 Å². The number of aliphatic hydroxyl groups is 3. The Morgan fingerprint density at radius 3 is 2.00 bits per heavy atom. The summed E-state index contributed by atoms with van der Waals surface area (Å²) in [6, 6.07) is 18.4. The fraction of sp³-hybridized carbons (Fsp3) is 0.176. The quantitative estimate of drug-likeness (QED) is 0.370. The second-order valence-electron chi connectivity index (χ2n) is 4.95. The van der Waals surface area contributed by atoms with Crippen molar-refractivity contribution < 1.29 is 15.3 Å². The molecule has 7 nitrogen and oxygen atoms in total. The fourth-order valence-corrected chi connectivity index (χ4v) is 1.80. The minimum absolute atomic E-state index is 0.0730. The Balaban J connectivity index is 2.10. The molecule has 0 aromatic heterocycles. The van der Waals surface area contributed by atoms with Gasteiger partial charge in [0.2, 0.25) is 0 Å². The third kappa shape index (κ3) is 5.47.